The van der Waals surface area contributed by atoms with E-state index in [0.29, 0.717) is 22.3 Å². The molecule has 42 heavy (non-hydrogen) atoms. The summed E-state index contributed by atoms with van der Waals surface area (Å²) in [6.45, 7) is 11.2. The monoisotopic (exact) mass is 588 g/mol. The summed E-state index contributed by atoms with van der Waals surface area (Å²) in [5.74, 6) is 0.229. The van der Waals surface area contributed by atoms with Crippen LogP contribution in [0.25, 0.3) is 16.6 Å². The van der Waals surface area contributed by atoms with Crippen molar-refractivity contribution in [3.05, 3.63) is 57.9 Å². The van der Waals surface area contributed by atoms with Gasteiger partial charge in [-0.2, -0.15) is 4.98 Å². The van der Waals surface area contributed by atoms with Gasteiger partial charge in [-0.25, -0.2) is 13.9 Å². The van der Waals surface area contributed by atoms with Gasteiger partial charge < -0.3 is 9.80 Å². The standard InChI is InChI=1S/C30H36N8O3S/c1-20-3-8-26(21(2)17-20)42(41)30-28-31-29(40)24-7-6-23(18-25(24)38(28)33-32-30)36-11-9-34(10-12-36)19-27(39)37-15-13-35(14-16-37)22-4-5-22/h3,6-8,17-18,22,33H,4-5,9-16,19H2,1-2H3. The zero-order chi connectivity index (χ0) is 29.0. The Bertz CT molecular complexity index is 1750. The van der Waals surface area contributed by atoms with Crippen molar-refractivity contribution in [3.63, 3.8) is 0 Å². The molecule has 3 fully saturated rings. The Balaban J connectivity index is 1.06. The van der Waals surface area contributed by atoms with Gasteiger partial charge in [-0.3, -0.25) is 19.4 Å². The van der Waals surface area contributed by atoms with Crippen LogP contribution in [0.5, 0.6) is 0 Å². The van der Waals surface area contributed by atoms with Crippen molar-refractivity contribution in [1.29, 1.82) is 0 Å². The van der Waals surface area contributed by atoms with E-state index in [4.69, 9.17) is 0 Å². The molecule has 4 aromatic rings. The number of nitrogens with one attached hydrogen (secondary N) is 1. The van der Waals surface area contributed by atoms with Gasteiger partial charge in [-0.15, -0.1) is 5.10 Å². The highest BCUT2D eigenvalue weighted by Crippen LogP contribution is 2.28. The van der Waals surface area contributed by atoms with Gasteiger partial charge in [0, 0.05) is 69.0 Å². The summed E-state index contributed by atoms with van der Waals surface area (Å²) in [5, 5.41) is 7.98. The van der Waals surface area contributed by atoms with Crippen LogP contribution in [0.2, 0.25) is 0 Å². The van der Waals surface area contributed by atoms with Crippen LogP contribution in [-0.4, -0.2) is 110 Å². The van der Waals surface area contributed by atoms with Gasteiger partial charge in [0.2, 0.25) is 5.91 Å². The maximum absolute atomic E-state index is 13.5. The number of aryl methyl sites for hydroxylation is 2. The number of benzene rings is 2. The first kappa shape index (κ1) is 27.2. The number of carbonyl (C=O) groups excluding carboxylic acids is 1. The summed E-state index contributed by atoms with van der Waals surface area (Å²) in [7, 11) is -1.60. The number of aromatic amines is 1. The Kier molecular flexibility index (Phi) is 7.07. The third kappa shape index (κ3) is 5.12. The lowest BCUT2D eigenvalue weighted by atomic mass is 10.2. The van der Waals surface area contributed by atoms with Crippen LogP contribution in [0, 0.1) is 13.8 Å². The molecule has 12 heteroatoms. The molecule has 2 aromatic carbocycles. The maximum Gasteiger partial charge on any atom is 0.281 e. The summed E-state index contributed by atoms with van der Waals surface area (Å²) in [4.78, 5) is 39.9. The Morgan fingerprint density at radius 2 is 1.74 bits per heavy atom. The maximum atomic E-state index is 13.5. The molecule has 1 N–H and O–H groups in total. The largest absolute Gasteiger partial charge is 0.369 e. The first-order valence-electron chi connectivity index (χ1n) is 14.7. The van der Waals surface area contributed by atoms with Crippen LogP contribution in [0.15, 0.2) is 51.1 Å². The molecule has 7 rings (SSSR count). The van der Waals surface area contributed by atoms with E-state index < -0.39 is 10.8 Å². The fourth-order valence-corrected chi connectivity index (χ4v) is 7.44. The Morgan fingerprint density at radius 3 is 2.45 bits per heavy atom. The normalized spacial score (nSPS) is 19.6. The lowest BCUT2D eigenvalue weighted by Crippen LogP contribution is -2.54. The highest BCUT2D eigenvalue weighted by Gasteiger charge is 2.32. The summed E-state index contributed by atoms with van der Waals surface area (Å²) in [5.41, 5.74) is 3.50. The van der Waals surface area contributed by atoms with E-state index >= 15 is 0 Å². The Hall–Kier alpha value is -3.61. The average molecular weight is 589 g/mol. The Morgan fingerprint density at radius 1 is 0.976 bits per heavy atom. The van der Waals surface area contributed by atoms with Crippen LogP contribution in [0.4, 0.5) is 5.69 Å². The first-order chi connectivity index (χ1) is 20.4. The van der Waals surface area contributed by atoms with Crippen LogP contribution < -0.4 is 10.5 Å². The number of fused-ring (bicyclic) bond motifs is 3. The molecule has 220 valence electrons. The summed E-state index contributed by atoms with van der Waals surface area (Å²) >= 11 is 0. The fourth-order valence-electron chi connectivity index (χ4n) is 6.26. The highest BCUT2D eigenvalue weighted by molar-refractivity contribution is 7.85. The molecule has 2 saturated heterocycles. The molecular formula is C30H36N8O3S. The number of amides is 1. The van der Waals surface area contributed by atoms with Gasteiger partial charge in [0.05, 0.1) is 17.4 Å². The van der Waals surface area contributed by atoms with Crippen LogP contribution in [0.1, 0.15) is 24.0 Å². The van der Waals surface area contributed by atoms with Crippen molar-refractivity contribution in [2.75, 3.05) is 63.8 Å². The van der Waals surface area contributed by atoms with E-state index in [1.807, 2.05) is 49.1 Å². The summed E-state index contributed by atoms with van der Waals surface area (Å²) in [6, 6.07) is 12.2. The molecule has 1 saturated carbocycles. The van der Waals surface area contributed by atoms with Crippen molar-refractivity contribution in [3.8, 4) is 0 Å². The van der Waals surface area contributed by atoms with Crippen molar-refractivity contribution in [1.82, 2.24) is 34.5 Å². The van der Waals surface area contributed by atoms with Gasteiger partial charge in [0.1, 0.15) is 10.8 Å². The minimum Gasteiger partial charge on any atom is -0.369 e. The van der Waals surface area contributed by atoms with E-state index in [1.54, 1.807) is 10.6 Å². The molecule has 4 heterocycles. The molecule has 1 amide bonds. The number of aromatic nitrogens is 4. The number of anilines is 1. The van der Waals surface area contributed by atoms with E-state index in [-0.39, 0.29) is 22.1 Å². The molecule has 2 aliphatic heterocycles. The van der Waals surface area contributed by atoms with Crippen molar-refractivity contribution in [2.24, 2.45) is 0 Å². The molecule has 0 radical (unpaired) electrons. The molecule has 0 bridgehead atoms. The van der Waals surface area contributed by atoms with E-state index in [9.17, 15) is 13.8 Å². The summed E-state index contributed by atoms with van der Waals surface area (Å²) in [6.07, 6.45) is 2.62. The number of rotatable bonds is 6. The van der Waals surface area contributed by atoms with Crippen molar-refractivity contribution in [2.45, 2.75) is 42.7 Å². The molecule has 1 atom stereocenters. The number of nitrogens with zero attached hydrogens (tertiary/aromatic N) is 7. The zero-order valence-corrected chi connectivity index (χ0v) is 24.9. The SMILES string of the molecule is Cc1ccc(S(=O)c2n[nH]n3c2nc(=O)c2ccc(N4CCN(CC(=O)N5CCN(C6CC6)CC5)CC4)cc23)c(C)c1. The third-order valence-corrected chi connectivity index (χ3v) is 10.3. The van der Waals surface area contributed by atoms with E-state index in [1.165, 1.54) is 12.8 Å². The molecule has 2 aromatic heterocycles. The fraction of sp³-hybridized carbons (Fsp3) is 0.467. The molecule has 1 unspecified atom stereocenters. The van der Waals surface area contributed by atoms with Gasteiger partial charge in [-0.1, -0.05) is 17.7 Å². The lowest BCUT2D eigenvalue weighted by Gasteiger charge is -2.38. The van der Waals surface area contributed by atoms with Crippen LogP contribution >= 0.6 is 0 Å². The predicted molar refractivity (Wildman–Crippen MR) is 162 cm³/mol. The lowest BCUT2D eigenvalue weighted by molar-refractivity contribution is -0.134. The number of piperazine rings is 2. The number of hydrogen-bond donors (Lipinski definition) is 1. The number of hydrogen-bond acceptors (Lipinski definition) is 8. The average Bonchev–Trinajstić information content (AvgIpc) is 3.76. The quantitative estimate of drug-likeness (QED) is 0.363. The van der Waals surface area contributed by atoms with Gasteiger partial charge in [0.25, 0.3) is 5.56 Å². The molecular weight excluding hydrogens is 552 g/mol. The molecule has 3 aliphatic rings. The second kappa shape index (κ2) is 10.9. The van der Waals surface area contributed by atoms with Crippen molar-refractivity contribution < 1.29 is 9.00 Å². The third-order valence-electron chi connectivity index (χ3n) is 8.85. The zero-order valence-electron chi connectivity index (χ0n) is 24.1. The van der Waals surface area contributed by atoms with Crippen LogP contribution in [0.3, 0.4) is 0 Å². The number of H-pyrrole nitrogens is 1. The van der Waals surface area contributed by atoms with Crippen molar-refractivity contribution >= 4 is 38.9 Å². The van der Waals surface area contributed by atoms with E-state index in [2.05, 4.69) is 30.0 Å². The molecule has 0 spiro atoms. The summed E-state index contributed by atoms with van der Waals surface area (Å²) < 4.78 is 15.1. The highest BCUT2D eigenvalue weighted by atomic mass is 32.2. The number of carbonyl (C=O) groups is 1. The van der Waals surface area contributed by atoms with Crippen LogP contribution in [-0.2, 0) is 15.6 Å². The predicted octanol–water partition coefficient (Wildman–Crippen LogP) is 1.78. The second-order valence-electron chi connectivity index (χ2n) is 11.7. The minimum absolute atomic E-state index is 0.229. The molecule has 11 nitrogen and oxygen atoms in total. The van der Waals surface area contributed by atoms with Gasteiger partial charge in [-0.05, 0) is 56.5 Å². The first-order valence-corrected chi connectivity index (χ1v) is 15.9. The topological polar surface area (TPSA) is 110 Å². The smallest absolute Gasteiger partial charge is 0.281 e. The van der Waals surface area contributed by atoms with E-state index in [0.717, 1.165) is 75.2 Å². The molecule has 1 aliphatic carbocycles. The minimum atomic E-state index is -1.60. The Labute approximate surface area is 246 Å². The van der Waals surface area contributed by atoms with Gasteiger partial charge in [0.15, 0.2) is 10.7 Å². The van der Waals surface area contributed by atoms with Gasteiger partial charge >= 0.3 is 0 Å². The second-order valence-corrected chi connectivity index (χ2v) is 13.1.